The summed E-state index contributed by atoms with van der Waals surface area (Å²) in [6, 6.07) is 7.01. The topological polar surface area (TPSA) is 66.4 Å². The highest BCUT2D eigenvalue weighted by molar-refractivity contribution is 7.92. The van der Waals surface area contributed by atoms with Crippen LogP contribution in [0.4, 0.5) is 0 Å². The average molecular weight is 330 g/mol. The van der Waals surface area contributed by atoms with Gasteiger partial charge in [-0.05, 0) is 36.5 Å². The van der Waals surface area contributed by atoms with Crippen LogP contribution in [0.5, 0.6) is 0 Å². The summed E-state index contributed by atoms with van der Waals surface area (Å²) in [6.45, 7) is 0.0554. The van der Waals surface area contributed by atoms with Crippen LogP contribution in [0.15, 0.2) is 29.7 Å². The number of rotatable bonds is 6. The Balaban J connectivity index is 1.91. The Bertz CT molecular complexity index is 595. The number of nitrogens with one attached hydrogen (secondary N) is 1. The normalized spacial score (nSPS) is 18.4. The van der Waals surface area contributed by atoms with E-state index in [4.69, 9.17) is 11.6 Å². The SMILES string of the molecule is O=S(=O)(/C=C/c1ccccc1Cl)NCC(O)C1CCCC1. The molecule has 0 spiro atoms. The van der Waals surface area contributed by atoms with Crippen molar-refractivity contribution in [3.05, 3.63) is 40.3 Å². The first-order chi connectivity index (χ1) is 9.98. The van der Waals surface area contributed by atoms with E-state index in [2.05, 4.69) is 4.72 Å². The fraction of sp³-hybridized carbons (Fsp3) is 0.467. The molecule has 1 atom stereocenters. The van der Waals surface area contributed by atoms with E-state index in [1.165, 1.54) is 6.08 Å². The van der Waals surface area contributed by atoms with Gasteiger partial charge in [-0.1, -0.05) is 42.6 Å². The Hall–Kier alpha value is -0.880. The lowest BCUT2D eigenvalue weighted by molar-refractivity contribution is 0.115. The Kier molecular flexibility index (Phi) is 5.81. The highest BCUT2D eigenvalue weighted by atomic mass is 35.5. The van der Waals surface area contributed by atoms with Crippen LogP contribution in [-0.4, -0.2) is 26.2 Å². The summed E-state index contributed by atoms with van der Waals surface area (Å²) >= 11 is 5.96. The quantitative estimate of drug-likeness (QED) is 0.843. The molecule has 1 aliphatic carbocycles. The Morgan fingerprint density at radius 2 is 2.00 bits per heavy atom. The minimum atomic E-state index is -3.57. The zero-order valence-electron chi connectivity index (χ0n) is 11.7. The zero-order valence-corrected chi connectivity index (χ0v) is 13.3. The van der Waals surface area contributed by atoms with Crippen molar-refractivity contribution in [1.29, 1.82) is 0 Å². The van der Waals surface area contributed by atoms with Crippen LogP contribution >= 0.6 is 11.6 Å². The number of aliphatic hydroxyl groups is 1. The minimum Gasteiger partial charge on any atom is -0.391 e. The molecule has 1 aliphatic rings. The van der Waals surface area contributed by atoms with Gasteiger partial charge < -0.3 is 5.11 Å². The molecule has 0 saturated heterocycles. The lowest BCUT2D eigenvalue weighted by Crippen LogP contribution is -2.34. The maximum Gasteiger partial charge on any atom is 0.233 e. The van der Waals surface area contributed by atoms with Crippen molar-refractivity contribution in [2.24, 2.45) is 5.92 Å². The lowest BCUT2D eigenvalue weighted by atomic mass is 10.0. The van der Waals surface area contributed by atoms with E-state index in [0.717, 1.165) is 31.1 Å². The van der Waals surface area contributed by atoms with Gasteiger partial charge in [0.05, 0.1) is 6.10 Å². The first-order valence-electron chi connectivity index (χ1n) is 7.08. The van der Waals surface area contributed by atoms with Gasteiger partial charge in [0.25, 0.3) is 0 Å². The molecule has 1 unspecified atom stereocenters. The molecular weight excluding hydrogens is 310 g/mol. The summed E-state index contributed by atoms with van der Waals surface area (Å²) in [6.07, 6.45) is 5.00. The Labute approximate surface area is 130 Å². The lowest BCUT2D eigenvalue weighted by Gasteiger charge is -2.17. The van der Waals surface area contributed by atoms with Crippen molar-refractivity contribution in [3.8, 4) is 0 Å². The molecule has 0 aliphatic heterocycles. The predicted molar refractivity (Wildman–Crippen MR) is 85.4 cm³/mol. The van der Waals surface area contributed by atoms with Crippen molar-refractivity contribution in [2.45, 2.75) is 31.8 Å². The summed E-state index contributed by atoms with van der Waals surface area (Å²) in [7, 11) is -3.57. The standard InChI is InChI=1S/C15H20ClNO3S/c16-14-8-4-3-5-12(14)9-10-21(19,20)17-11-15(18)13-6-1-2-7-13/h3-5,8-10,13,15,17-18H,1-2,6-7,11H2/b10-9+. The highest BCUT2D eigenvalue weighted by Gasteiger charge is 2.23. The van der Waals surface area contributed by atoms with Gasteiger partial charge in [0.15, 0.2) is 0 Å². The molecule has 0 radical (unpaired) electrons. The second-order valence-corrected chi connectivity index (χ2v) is 7.39. The summed E-state index contributed by atoms with van der Waals surface area (Å²) in [5.41, 5.74) is 0.640. The van der Waals surface area contributed by atoms with Gasteiger partial charge in [0.2, 0.25) is 10.0 Å². The average Bonchev–Trinajstić information content (AvgIpc) is 2.98. The van der Waals surface area contributed by atoms with Crippen molar-refractivity contribution in [2.75, 3.05) is 6.54 Å². The van der Waals surface area contributed by atoms with Crippen molar-refractivity contribution in [1.82, 2.24) is 4.72 Å². The summed E-state index contributed by atoms with van der Waals surface area (Å²) in [4.78, 5) is 0. The molecule has 1 aromatic rings. The zero-order chi connectivity index (χ0) is 15.3. The molecule has 0 heterocycles. The number of hydrogen-bond donors (Lipinski definition) is 2. The first kappa shape index (κ1) is 16.5. The molecule has 4 nitrogen and oxygen atoms in total. The molecule has 0 bridgehead atoms. The molecule has 21 heavy (non-hydrogen) atoms. The smallest absolute Gasteiger partial charge is 0.233 e. The third-order valence-corrected chi connectivity index (χ3v) is 5.18. The second kappa shape index (κ2) is 7.40. The van der Waals surface area contributed by atoms with Crippen LogP contribution in [0.25, 0.3) is 6.08 Å². The highest BCUT2D eigenvalue weighted by Crippen LogP contribution is 2.27. The number of sulfonamides is 1. The largest absolute Gasteiger partial charge is 0.391 e. The van der Waals surface area contributed by atoms with E-state index in [-0.39, 0.29) is 12.5 Å². The number of halogens is 1. The Morgan fingerprint density at radius 1 is 1.33 bits per heavy atom. The molecule has 0 amide bonds. The van der Waals surface area contributed by atoms with Gasteiger partial charge in [-0.15, -0.1) is 0 Å². The van der Waals surface area contributed by atoms with E-state index < -0.39 is 16.1 Å². The molecule has 0 aromatic heterocycles. The number of benzene rings is 1. The van der Waals surface area contributed by atoms with E-state index in [1.54, 1.807) is 24.3 Å². The van der Waals surface area contributed by atoms with Crippen LogP contribution in [0.1, 0.15) is 31.2 Å². The van der Waals surface area contributed by atoms with Gasteiger partial charge in [0.1, 0.15) is 0 Å². The molecule has 116 valence electrons. The molecule has 6 heteroatoms. The van der Waals surface area contributed by atoms with Gasteiger partial charge in [-0.25, -0.2) is 13.1 Å². The monoisotopic (exact) mass is 329 g/mol. The van der Waals surface area contributed by atoms with E-state index in [1.807, 2.05) is 0 Å². The minimum absolute atomic E-state index is 0.0554. The van der Waals surface area contributed by atoms with Gasteiger partial charge >= 0.3 is 0 Å². The second-order valence-electron chi connectivity index (χ2n) is 5.33. The van der Waals surface area contributed by atoms with E-state index in [0.29, 0.717) is 10.6 Å². The first-order valence-corrected chi connectivity index (χ1v) is 9.01. The van der Waals surface area contributed by atoms with Crippen LogP contribution in [0, 0.1) is 5.92 Å². The molecule has 2 N–H and O–H groups in total. The van der Waals surface area contributed by atoms with Gasteiger partial charge in [-0.3, -0.25) is 0 Å². The molecule has 2 rings (SSSR count). The third kappa shape index (κ3) is 5.11. The predicted octanol–water partition coefficient (Wildman–Crippen LogP) is 2.78. The maximum absolute atomic E-state index is 11.9. The Morgan fingerprint density at radius 3 is 2.67 bits per heavy atom. The van der Waals surface area contributed by atoms with Crippen molar-refractivity contribution in [3.63, 3.8) is 0 Å². The molecule has 1 aromatic carbocycles. The molecule has 1 fully saturated rings. The fourth-order valence-electron chi connectivity index (χ4n) is 2.53. The summed E-state index contributed by atoms with van der Waals surface area (Å²) in [5, 5.41) is 11.5. The van der Waals surface area contributed by atoms with E-state index in [9.17, 15) is 13.5 Å². The van der Waals surface area contributed by atoms with E-state index >= 15 is 0 Å². The number of hydrogen-bond acceptors (Lipinski definition) is 3. The van der Waals surface area contributed by atoms with Crippen LogP contribution in [0.2, 0.25) is 5.02 Å². The van der Waals surface area contributed by atoms with Crippen molar-refractivity contribution >= 4 is 27.7 Å². The van der Waals surface area contributed by atoms with Crippen LogP contribution < -0.4 is 4.72 Å². The van der Waals surface area contributed by atoms with Crippen LogP contribution in [-0.2, 0) is 10.0 Å². The number of aliphatic hydroxyl groups excluding tert-OH is 1. The summed E-state index contributed by atoms with van der Waals surface area (Å²) in [5.74, 6) is 0.209. The third-order valence-electron chi connectivity index (χ3n) is 3.77. The summed E-state index contributed by atoms with van der Waals surface area (Å²) < 4.78 is 26.2. The van der Waals surface area contributed by atoms with Gasteiger partial charge in [0, 0.05) is 17.0 Å². The molecular formula is C15H20ClNO3S. The van der Waals surface area contributed by atoms with Crippen molar-refractivity contribution < 1.29 is 13.5 Å². The molecule has 1 saturated carbocycles. The van der Waals surface area contributed by atoms with Gasteiger partial charge in [-0.2, -0.15) is 0 Å². The van der Waals surface area contributed by atoms with Crippen LogP contribution in [0.3, 0.4) is 0 Å². The maximum atomic E-state index is 11.9. The fourth-order valence-corrected chi connectivity index (χ4v) is 3.56.